The Labute approximate surface area is 88.6 Å². The third kappa shape index (κ3) is 2.75. The average Bonchev–Trinajstić information content (AvgIpc) is 2.17. The van der Waals surface area contributed by atoms with E-state index in [9.17, 15) is 9.59 Å². The number of esters is 1. The first-order valence-electron chi connectivity index (χ1n) is 4.32. The van der Waals surface area contributed by atoms with Crippen molar-refractivity contribution in [1.82, 2.24) is 0 Å². The predicted molar refractivity (Wildman–Crippen MR) is 53.6 cm³/mol. The molecule has 0 aromatic heterocycles. The molecule has 0 aliphatic rings. The van der Waals surface area contributed by atoms with Crippen molar-refractivity contribution in [2.75, 3.05) is 6.61 Å². The fraction of sp³-hybridized carbons (Fsp3) is 0.455. The Kier molecular flexibility index (Phi) is 4.98. The van der Waals surface area contributed by atoms with Gasteiger partial charge in [0.15, 0.2) is 5.41 Å². The Morgan fingerprint density at radius 3 is 2.07 bits per heavy atom. The Morgan fingerprint density at radius 1 is 1.33 bits per heavy atom. The Bertz CT molecular complexity index is 313. The summed E-state index contributed by atoms with van der Waals surface area (Å²) in [7, 11) is 0. The van der Waals surface area contributed by atoms with Gasteiger partial charge in [-0.15, -0.1) is 24.7 Å². The van der Waals surface area contributed by atoms with E-state index in [-0.39, 0.29) is 19.4 Å². The van der Waals surface area contributed by atoms with Gasteiger partial charge >= 0.3 is 11.9 Å². The van der Waals surface area contributed by atoms with Crippen LogP contribution in [0.4, 0.5) is 0 Å². The molecule has 4 nitrogen and oxygen atoms in total. The van der Waals surface area contributed by atoms with E-state index in [0.717, 1.165) is 0 Å². The average molecular weight is 208 g/mol. The molecule has 0 bridgehead atoms. The molecule has 1 N–H and O–H groups in total. The molecule has 4 heteroatoms. The summed E-state index contributed by atoms with van der Waals surface area (Å²) in [6.07, 6.45) is 9.51. The number of aliphatic carboxylic acids is 1. The number of carboxylic acids is 1. The van der Waals surface area contributed by atoms with E-state index in [1.54, 1.807) is 6.92 Å². The predicted octanol–water partition coefficient (Wildman–Crippen LogP) is 0.667. The lowest BCUT2D eigenvalue weighted by Crippen LogP contribution is -2.40. The summed E-state index contributed by atoms with van der Waals surface area (Å²) in [4.78, 5) is 22.5. The van der Waals surface area contributed by atoms with Gasteiger partial charge < -0.3 is 9.84 Å². The van der Waals surface area contributed by atoms with Crippen molar-refractivity contribution in [3.05, 3.63) is 0 Å². The van der Waals surface area contributed by atoms with Crippen LogP contribution in [0.15, 0.2) is 0 Å². The van der Waals surface area contributed by atoms with Crippen molar-refractivity contribution in [2.45, 2.75) is 19.8 Å². The maximum atomic E-state index is 11.5. The van der Waals surface area contributed by atoms with Gasteiger partial charge in [-0.1, -0.05) is 0 Å². The molecule has 0 amide bonds. The van der Waals surface area contributed by atoms with Crippen molar-refractivity contribution in [3.8, 4) is 24.7 Å². The highest BCUT2D eigenvalue weighted by molar-refractivity contribution is 5.99. The number of terminal acetylenes is 2. The fourth-order valence-electron chi connectivity index (χ4n) is 1.06. The van der Waals surface area contributed by atoms with Gasteiger partial charge in [-0.3, -0.25) is 9.59 Å². The molecule has 0 atom stereocenters. The third-order valence-corrected chi connectivity index (χ3v) is 1.88. The zero-order valence-corrected chi connectivity index (χ0v) is 8.45. The standard InChI is InChI=1S/C11H12O4/c1-4-7-11(8-5-2,9(12)13)10(14)15-6-3/h1-2H,6-8H2,3H3,(H,12,13). The van der Waals surface area contributed by atoms with Gasteiger partial charge in [0.2, 0.25) is 0 Å². The first-order valence-corrected chi connectivity index (χ1v) is 4.32. The second-order valence-corrected chi connectivity index (χ2v) is 2.87. The summed E-state index contributed by atoms with van der Waals surface area (Å²) in [5.41, 5.74) is -1.81. The SMILES string of the molecule is C#CCC(CC#C)(C(=O)O)C(=O)OCC. The Morgan fingerprint density at radius 2 is 1.80 bits per heavy atom. The molecule has 0 spiro atoms. The second kappa shape index (κ2) is 5.72. The zero-order valence-electron chi connectivity index (χ0n) is 8.45. The van der Waals surface area contributed by atoms with Crippen LogP contribution in [-0.4, -0.2) is 23.7 Å². The maximum absolute atomic E-state index is 11.5. The number of hydrogen-bond donors (Lipinski definition) is 1. The Hall–Kier alpha value is -1.94. The molecule has 0 saturated heterocycles. The molecular weight excluding hydrogens is 196 g/mol. The van der Waals surface area contributed by atoms with Gasteiger partial charge in [0.05, 0.1) is 6.61 Å². The minimum Gasteiger partial charge on any atom is -0.480 e. The molecule has 0 aromatic rings. The smallest absolute Gasteiger partial charge is 0.325 e. The largest absolute Gasteiger partial charge is 0.480 e. The normalized spacial score (nSPS) is 9.80. The minimum atomic E-state index is -1.81. The number of rotatable bonds is 5. The quantitative estimate of drug-likeness (QED) is 0.409. The van der Waals surface area contributed by atoms with E-state index in [0.29, 0.717) is 0 Å². The van der Waals surface area contributed by atoms with Crippen LogP contribution in [0.3, 0.4) is 0 Å². The summed E-state index contributed by atoms with van der Waals surface area (Å²) in [5, 5.41) is 8.99. The molecule has 0 radical (unpaired) electrons. The van der Waals surface area contributed by atoms with Crippen LogP contribution in [0.25, 0.3) is 0 Å². The fourth-order valence-corrected chi connectivity index (χ4v) is 1.06. The molecule has 0 aromatic carbocycles. The van der Waals surface area contributed by atoms with Crippen molar-refractivity contribution < 1.29 is 19.4 Å². The van der Waals surface area contributed by atoms with E-state index < -0.39 is 17.4 Å². The molecule has 0 unspecified atom stereocenters. The van der Waals surface area contributed by atoms with E-state index in [4.69, 9.17) is 18.0 Å². The molecule has 0 fully saturated rings. The van der Waals surface area contributed by atoms with Crippen LogP contribution in [0.2, 0.25) is 0 Å². The molecule has 15 heavy (non-hydrogen) atoms. The lowest BCUT2D eigenvalue weighted by molar-refractivity contribution is -0.167. The molecule has 80 valence electrons. The summed E-state index contributed by atoms with van der Waals surface area (Å²) in [6.45, 7) is 1.67. The number of carbonyl (C=O) groups is 2. The van der Waals surface area contributed by atoms with E-state index in [2.05, 4.69) is 16.6 Å². The van der Waals surface area contributed by atoms with Crippen LogP contribution >= 0.6 is 0 Å². The van der Waals surface area contributed by atoms with Crippen molar-refractivity contribution >= 4 is 11.9 Å². The van der Waals surface area contributed by atoms with E-state index >= 15 is 0 Å². The molecular formula is C11H12O4. The summed E-state index contributed by atoms with van der Waals surface area (Å²) < 4.78 is 4.66. The van der Waals surface area contributed by atoms with Gasteiger partial charge in [0, 0.05) is 12.8 Å². The number of ether oxygens (including phenoxy) is 1. The zero-order chi connectivity index (χ0) is 11.9. The monoisotopic (exact) mass is 208 g/mol. The van der Waals surface area contributed by atoms with Crippen molar-refractivity contribution in [3.63, 3.8) is 0 Å². The lowest BCUT2D eigenvalue weighted by Gasteiger charge is -2.22. The van der Waals surface area contributed by atoms with Crippen LogP contribution < -0.4 is 0 Å². The van der Waals surface area contributed by atoms with Crippen LogP contribution in [0, 0.1) is 30.1 Å². The Balaban J connectivity index is 5.14. The topological polar surface area (TPSA) is 63.6 Å². The van der Waals surface area contributed by atoms with Crippen LogP contribution in [0.5, 0.6) is 0 Å². The maximum Gasteiger partial charge on any atom is 0.325 e. The number of carbonyl (C=O) groups excluding carboxylic acids is 1. The third-order valence-electron chi connectivity index (χ3n) is 1.88. The summed E-state index contributed by atoms with van der Waals surface area (Å²) >= 11 is 0. The molecule has 0 rings (SSSR count). The van der Waals surface area contributed by atoms with Gasteiger partial charge in [-0.2, -0.15) is 0 Å². The van der Waals surface area contributed by atoms with Crippen molar-refractivity contribution in [2.24, 2.45) is 5.41 Å². The van der Waals surface area contributed by atoms with Gasteiger partial charge in [0.25, 0.3) is 0 Å². The van der Waals surface area contributed by atoms with Crippen LogP contribution in [-0.2, 0) is 14.3 Å². The molecule has 0 aliphatic heterocycles. The van der Waals surface area contributed by atoms with Gasteiger partial charge in [0.1, 0.15) is 0 Å². The highest BCUT2D eigenvalue weighted by atomic mass is 16.5. The van der Waals surface area contributed by atoms with Gasteiger partial charge in [-0.25, -0.2) is 0 Å². The number of hydrogen-bond acceptors (Lipinski definition) is 3. The summed E-state index contributed by atoms with van der Waals surface area (Å²) in [5.74, 6) is 2.04. The molecule has 0 aliphatic carbocycles. The molecule has 0 saturated carbocycles. The first kappa shape index (κ1) is 13.1. The minimum absolute atomic E-state index is 0.0863. The second-order valence-electron chi connectivity index (χ2n) is 2.87. The number of carboxylic acid groups (broad SMARTS) is 1. The molecule has 0 heterocycles. The highest BCUT2D eigenvalue weighted by Gasteiger charge is 2.46. The summed E-state index contributed by atoms with van der Waals surface area (Å²) in [6, 6.07) is 0. The van der Waals surface area contributed by atoms with E-state index in [1.165, 1.54) is 0 Å². The van der Waals surface area contributed by atoms with E-state index in [1.807, 2.05) is 0 Å². The van der Waals surface area contributed by atoms with Crippen LogP contribution in [0.1, 0.15) is 19.8 Å². The van der Waals surface area contributed by atoms with Crippen molar-refractivity contribution in [1.29, 1.82) is 0 Å². The first-order chi connectivity index (χ1) is 7.05. The highest BCUT2D eigenvalue weighted by Crippen LogP contribution is 2.28. The van der Waals surface area contributed by atoms with Gasteiger partial charge in [-0.05, 0) is 6.92 Å². The lowest BCUT2D eigenvalue weighted by atomic mass is 9.81.